The van der Waals surface area contributed by atoms with E-state index >= 15 is 0 Å². The Labute approximate surface area is 202 Å². The van der Waals surface area contributed by atoms with Crippen LogP contribution in [0.15, 0.2) is 21.4 Å². The van der Waals surface area contributed by atoms with Gasteiger partial charge in [-0.25, -0.2) is 14.8 Å². The molecule has 4 aromatic rings. The van der Waals surface area contributed by atoms with Gasteiger partial charge in [-0.2, -0.15) is 0 Å². The number of aliphatic carboxylic acids is 1. The van der Waals surface area contributed by atoms with E-state index in [2.05, 4.69) is 25.6 Å². The van der Waals surface area contributed by atoms with Crippen LogP contribution in [0.1, 0.15) is 53.1 Å². The zero-order valence-electron chi connectivity index (χ0n) is 19.6. The number of aromatic nitrogens is 4. The van der Waals surface area contributed by atoms with Crippen molar-refractivity contribution in [1.82, 2.24) is 25.6 Å². The highest BCUT2D eigenvalue weighted by atomic mass is 16.5. The van der Waals surface area contributed by atoms with Crippen molar-refractivity contribution in [2.75, 3.05) is 13.2 Å². The summed E-state index contributed by atoms with van der Waals surface area (Å²) in [6.07, 6.45) is 4.07. The largest absolute Gasteiger partial charge is 0.503 e. The van der Waals surface area contributed by atoms with Gasteiger partial charge in [-0.3, -0.25) is 9.59 Å². The Morgan fingerprint density at radius 2 is 1.39 bits per heavy atom. The number of nitrogens with zero attached hydrogens (tertiary/aromatic N) is 4. The number of carbonyl (C=O) groups excluding carboxylic acids is 2. The second-order valence-corrected chi connectivity index (χ2v) is 7.16. The number of carboxylic acid groups (broad SMARTS) is 1. The Morgan fingerprint density at radius 3 is 1.86 bits per heavy atom. The van der Waals surface area contributed by atoms with Gasteiger partial charge < -0.3 is 34.4 Å². The van der Waals surface area contributed by atoms with E-state index in [0.717, 1.165) is 0 Å². The van der Waals surface area contributed by atoms with Gasteiger partial charge in [-0.1, -0.05) is 24.2 Å². The highest BCUT2D eigenvalue weighted by molar-refractivity contribution is 6.01. The van der Waals surface area contributed by atoms with Crippen molar-refractivity contribution in [3.63, 3.8) is 0 Å². The highest BCUT2D eigenvalue weighted by Gasteiger charge is 2.22. The van der Waals surface area contributed by atoms with Gasteiger partial charge in [0.25, 0.3) is 5.91 Å². The van der Waals surface area contributed by atoms with E-state index in [-0.39, 0.29) is 34.9 Å². The predicted molar refractivity (Wildman–Crippen MR) is 122 cm³/mol. The number of esters is 1. The zero-order valence-corrected chi connectivity index (χ0v) is 19.6. The fourth-order valence-corrected chi connectivity index (χ4v) is 3.13. The Hall–Kier alpha value is -4.75. The molecular formula is C22H23N5O9. The lowest BCUT2D eigenvalue weighted by molar-refractivity contribution is -0.135. The zero-order chi connectivity index (χ0) is 26.4. The Morgan fingerprint density at radius 1 is 0.889 bits per heavy atom. The van der Waals surface area contributed by atoms with Crippen molar-refractivity contribution in [3.05, 3.63) is 35.2 Å². The Kier molecular flexibility index (Phi) is 7.99. The molecule has 4 rings (SSSR count). The standard InChI is InChI=1S/C11H11N3O5.C11H12N2O4/c1-2-6-5-3-12-8(9(17)10(5)19-14-6)11(18)13-4-7(15)16;1-3-7-6-5-12-8(11(15)16-4-2)9(14)10(6)17-13-7/h3,17H,2,4H2,1H3,(H,13,18)(H,15,16);5,14H,3-4H2,1-2H3. The molecule has 0 unspecified atom stereocenters. The molecule has 0 aliphatic heterocycles. The number of aromatic hydroxyl groups is 2. The van der Waals surface area contributed by atoms with E-state index in [1.54, 1.807) is 6.92 Å². The minimum absolute atomic E-state index is 0.0623. The van der Waals surface area contributed by atoms with Crippen molar-refractivity contribution in [1.29, 1.82) is 0 Å². The molecule has 4 N–H and O–H groups in total. The number of carboxylic acids is 1. The average molecular weight is 501 g/mol. The van der Waals surface area contributed by atoms with Crippen LogP contribution in [0.2, 0.25) is 0 Å². The topological polar surface area (TPSA) is 211 Å². The predicted octanol–water partition coefficient (Wildman–Crippen LogP) is 1.97. The lowest BCUT2D eigenvalue weighted by Crippen LogP contribution is -2.29. The fourth-order valence-electron chi connectivity index (χ4n) is 3.13. The molecule has 4 heterocycles. The second-order valence-electron chi connectivity index (χ2n) is 7.16. The van der Waals surface area contributed by atoms with Gasteiger partial charge >= 0.3 is 11.9 Å². The van der Waals surface area contributed by atoms with Crippen LogP contribution in [-0.4, -0.2) is 66.6 Å². The number of hydrogen-bond acceptors (Lipinski definition) is 12. The van der Waals surface area contributed by atoms with Crippen LogP contribution in [0.25, 0.3) is 21.9 Å². The molecule has 0 bridgehead atoms. The summed E-state index contributed by atoms with van der Waals surface area (Å²) in [5.74, 6) is -3.44. The first-order valence-corrected chi connectivity index (χ1v) is 10.8. The van der Waals surface area contributed by atoms with Gasteiger partial charge in [0, 0.05) is 12.4 Å². The van der Waals surface area contributed by atoms with Crippen molar-refractivity contribution in [2.45, 2.75) is 33.6 Å². The smallest absolute Gasteiger partial charge is 0.360 e. The molecule has 0 radical (unpaired) electrons. The van der Waals surface area contributed by atoms with Crippen LogP contribution >= 0.6 is 0 Å². The van der Waals surface area contributed by atoms with E-state index in [1.165, 1.54) is 12.4 Å². The third kappa shape index (κ3) is 5.16. The number of ether oxygens (including phenoxy) is 1. The first kappa shape index (κ1) is 25.9. The summed E-state index contributed by atoms with van der Waals surface area (Å²) in [4.78, 5) is 41.1. The van der Waals surface area contributed by atoms with Crippen LogP contribution in [0, 0.1) is 0 Å². The molecule has 190 valence electrons. The molecule has 0 aromatic carbocycles. The van der Waals surface area contributed by atoms with Crippen molar-refractivity contribution in [2.24, 2.45) is 0 Å². The molecule has 0 atom stereocenters. The van der Waals surface area contributed by atoms with E-state index in [0.29, 0.717) is 35.0 Å². The highest BCUT2D eigenvalue weighted by Crippen LogP contribution is 2.30. The summed E-state index contributed by atoms with van der Waals surface area (Å²) in [6, 6.07) is 0. The lowest BCUT2D eigenvalue weighted by atomic mass is 10.2. The maximum atomic E-state index is 11.6. The molecule has 0 aliphatic carbocycles. The third-order valence-corrected chi connectivity index (χ3v) is 4.88. The van der Waals surface area contributed by atoms with Crippen molar-refractivity contribution < 1.29 is 43.5 Å². The van der Waals surface area contributed by atoms with E-state index in [9.17, 15) is 24.6 Å². The summed E-state index contributed by atoms with van der Waals surface area (Å²) in [5.41, 5.74) is 1.09. The SMILES string of the molecule is CCOC(=O)c1ncc2c(CC)noc2c1O.CCc1noc2c(O)c(C(=O)NCC(=O)O)ncc12. The first-order valence-electron chi connectivity index (χ1n) is 10.8. The Balaban J connectivity index is 0.000000202. The number of hydrogen-bond donors (Lipinski definition) is 4. The third-order valence-electron chi connectivity index (χ3n) is 4.88. The number of pyridine rings is 2. The number of nitrogens with one attached hydrogen (secondary N) is 1. The number of rotatable bonds is 7. The van der Waals surface area contributed by atoms with Crippen LogP contribution in [-0.2, 0) is 22.4 Å². The van der Waals surface area contributed by atoms with Gasteiger partial charge in [0.2, 0.25) is 11.2 Å². The molecule has 0 fully saturated rings. The maximum absolute atomic E-state index is 11.6. The monoisotopic (exact) mass is 501 g/mol. The van der Waals surface area contributed by atoms with Gasteiger partial charge in [0.15, 0.2) is 22.9 Å². The number of carbonyl (C=O) groups is 3. The molecule has 0 aliphatic rings. The summed E-state index contributed by atoms with van der Waals surface area (Å²) in [7, 11) is 0. The molecule has 4 aromatic heterocycles. The normalized spacial score (nSPS) is 10.6. The van der Waals surface area contributed by atoms with E-state index < -0.39 is 30.1 Å². The number of fused-ring (bicyclic) bond motifs is 2. The average Bonchev–Trinajstić information content (AvgIpc) is 3.48. The van der Waals surface area contributed by atoms with Crippen molar-refractivity contribution in [3.8, 4) is 11.5 Å². The molecule has 36 heavy (non-hydrogen) atoms. The van der Waals surface area contributed by atoms with E-state index in [1.807, 2.05) is 13.8 Å². The van der Waals surface area contributed by atoms with Gasteiger partial charge in [-0.15, -0.1) is 0 Å². The number of aryl methyl sites for hydroxylation is 2. The lowest BCUT2D eigenvalue weighted by Gasteiger charge is -2.03. The molecule has 14 heteroatoms. The molecule has 0 saturated heterocycles. The minimum atomic E-state index is -1.19. The molecule has 0 spiro atoms. The summed E-state index contributed by atoms with van der Waals surface area (Å²) in [6.45, 7) is 5.11. The summed E-state index contributed by atoms with van der Waals surface area (Å²) < 4.78 is 14.7. The van der Waals surface area contributed by atoms with Crippen molar-refractivity contribution >= 4 is 39.8 Å². The minimum Gasteiger partial charge on any atom is -0.503 e. The van der Waals surface area contributed by atoms with Gasteiger partial charge in [-0.05, 0) is 19.8 Å². The van der Waals surface area contributed by atoms with E-state index in [4.69, 9.17) is 18.9 Å². The molecular weight excluding hydrogens is 478 g/mol. The quantitative estimate of drug-likeness (QED) is 0.267. The fraction of sp³-hybridized carbons (Fsp3) is 0.318. The van der Waals surface area contributed by atoms with Crippen LogP contribution in [0.4, 0.5) is 0 Å². The molecule has 14 nitrogen and oxygen atoms in total. The van der Waals surface area contributed by atoms with Gasteiger partial charge in [0.05, 0.1) is 28.8 Å². The van der Waals surface area contributed by atoms with Crippen LogP contribution in [0.5, 0.6) is 11.5 Å². The van der Waals surface area contributed by atoms with Crippen LogP contribution < -0.4 is 5.32 Å². The Bertz CT molecular complexity index is 1430. The molecule has 0 saturated carbocycles. The molecule has 1 amide bonds. The number of amides is 1. The second kappa shape index (κ2) is 11.1. The van der Waals surface area contributed by atoms with Crippen LogP contribution in [0.3, 0.4) is 0 Å². The van der Waals surface area contributed by atoms with Gasteiger partial charge in [0.1, 0.15) is 6.54 Å². The first-order chi connectivity index (χ1) is 17.2. The maximum Gasteiger partial charge on any atom is 0.360 e. The summed E-state index contributed by atoms with van der Waals surface area (Å²) in [5, 5.41) is 39.0. The summed E-state index contributed by atoms with van der Waals surface area (Å²) >= 11 is 0.